The topological polar surface area (TPSA) is 59.4 Å². The molecular formula is C23H19BrN2O3S. The van der Waals surface area contributed by atoms with Gasteiger partial charge in [-0.1, -0.05) is 53.2 Å². The SMILES string of the molecule is CCCn1cc(/C=C2\SC(=O)N(CC(=O)c3ccc(Br)cc3)C2=O)c2ccccc21. The number of imide groups is 1. The van der Waals surface area contributed by atoms with Crippen molar-refractivity contribution in [2.75, 3.05) is 6.54 Å². The number of nitrogens with zero attached hydrogens (tertiary/aromatic N) is 2. The minimum atomic E-state index is -0.428. The van der Waals surface area contributed by atoms with Gasteiger partial charge in [0.2, 0.25) is 0 Å². The summed E-state index contributed by atoms with van der Waals surface area (Å²) in [6, 6.07) is 14.9. The molecule has 1 saturated heterocycles. The number of ketones is 1. The van der Waals surface area contributed by atoms with E-state index >= 15 is 0 Å². The highest BCUT2D eigenvalue weighted by Gasteiger charge is 2.36. The number of aromatic nitrogens is 1. The molecule has 0 atom stereocenters. The zero-order valence-corrected chi connectivity index (χ0v) is 18.7. The third kappa shape index (κ3) is 4.00. The summed E-state index contributed by atoms with van der Waals surface area (Å²) in [7, 11) is 0. The van der Waals surface area contributed by atoms with Gasteiger partial charge in [0.25, 0.3) is 11.1 Å². The molecule has 1 fully saturated rings. The van der Waals surface area contributed by atoms with Crippen LogP contribution in [0.3, 0.4) is 0 Å². The predicted octanol–water partition coefficient (Wildman–Crippen LogP) is 5.73. The summed E-state index contributed by atoms with van der Waals surface area (Å²) >= 11 is 4.20. The molecule has 3 aromatic rings. The van der Waals surface area contributed by atoms with E-state index in [1.807, 2.05) is 30.5 Å². The number of Topliss-reactive ketones (excluding diaryl/α,β-unsaturated/α-hetero) is 1. The molecule has 0 aliphatic carbocycles. The summed E-state index contributed by atoms with van der Waals surface area (Å²) in [6.07, 6.45) is 4.76. The Labute approximate surface area is 186 Å². The quantitative estimate of drug-likeness (QED) is 0.332. The standard InChI is InChI=1S/C23H19BrN2O3S/c1-2-11-25-13-16(18-5-3-4-6-19(18)25)12-21-22(28)26(23(29)30-21)14-20(27)15-7-9-17(24)10-8-15/h3-10,12-13H,2,11,14H2,1H3/b21-12-. The van der Waals surface area contributed by atoms with Gasteiger partial charge >= 0.3 is 0 Å². The first-order valence-corrected chi connectivity index (χ1v) is 11.2. The maximum Gasteiger partial charge on any atom is 0.293 e. The van der Waals surface area contributed by atoms with Gasteiger partial charge < -0.3 is 4.57 Å². The van der Waals surface area contributed by atoms with Crippen LogP contribution in [-0.2, 0) is 11.3 Å². The molecule has 4 rings (SSSR count). The van der Waals surface area contributed by atoms with Crippen LogP contribution >= 0.6 is 27.7 Å². The molecule has 1 aliphatic heterocycles. The van der Waals surface area contributed by atoms with E-state index in [9.17, 15) is 14.4 Å². The number of halogens is 1. The van der Waals surface area contributed by atoms with Crippen LogP contribution in [0, 0.1) is 0 Å². The molecule has 0 saturated carbocycles. The molecule has 152 valence electrons. The van der Waals surface area contributed by atoms with Crippen molar-refractivity contribution in [2.24, 2.45) is 0 Å². The Balaban J connectivity index is 1.60. The molecule has 7 heteroatoms. The molecule has 0 unspecified atom stereocenters. The number of amides is 2. The van der Waals surface area contributed by atoms with Gasteiger partial charge in [0, 0.05) is 39.2 Å². The molecule has 2 heterocycles. The monoisotopic (exact) mass is 482 g/mol. The number of carbonyl (C=O) groups is 3. The summed E-state index contributed by atoms with van der Waals surface area (Å²) < 4.78 is 3.01. The Kier molecular flexibility index (Phi) is 5.92. The zero-order valence-electron chi connectivity index (χ0n) is 16.3. The van der Waals surface area contributed by atoms with E-state index in [1.165, 1.54) is 0 Å². The number of rotatable bonds is 6. The largest absolute Gasteiger partial charge is 0.347 e. The molecule has 0 radical (unpaired) electrons. The van der Waals surface area contributed by atoms with Gasteiger partial charge in [-0.2, -0.15) is 0 Å². The van der Waals surface area contributed by atoms with Crippen LogP contribution in [0.1, 0.15) is 29.3 Å². The number of benzene rings is 2. The molecule has 0 spiro atoms. The maximum absolute atomic E-state index is 12.9. The summed E-state index contributed by atoms with van der Waals surface area (Å²) in [4.78, 5) is 39.2. The second-order valence-electron chi connectivity index (χ2n) is 6.99. The summed E-state index contributed by atoms with van der Waals surface area (Å²) in [6.45, 7) is 2.72. The van der Waals surface area contributed by atoms with Crippen LogP contribution in [0.25, 0.3) is 17.0 Å². The number of hydrogen-bond acceptors (Lipinski definition) is 4. The molecule has 2 amide bonds. The van der Waals surface area contributed by atoms with E-state index in [0.717, 1.165) is 50.6 Å². The van der Waals surface area contributed by atoms with E-state index in [4.69, 9.17) is 0 Å². The highest BCUT2D eigenvalue weighted by Crippen LogP contribution is 2.34. The van der Waals surface area contributed by atoms with Crippen LogP contribution < -0.4 is 0 Å². The molecule has 0 bridgehead atoms. The van der Waals surface area contributed by atoms with Crippen molar-refractivity contribution in [3.8, 4) is 0 Å². The summed E-state index contributed by atoms with van der Waals surface area (Å²) in [5, 5.41) is 0.609. The fourth-order valence-corrected chi connectivity index (χ4v) is 4.56. The lowest BCUT2D eigenvalue weighted by Gasteiger charge is -2.11. The zero-order chi connectivity index (χ0) is 21.3. The van der Waals surface area contributed by atoms with Gasteiger partial charge in [-0.05, 0) is 42.5 Å². The third-order valence-corrected chi connectivity index (χ3v) is 6.35. The predicted molar refractivity (Wildman–Crippen MR) is 123 cm³/mol. The van der Waals surface area contributed by atoms with Crippen molar-refractivity contribution < 1.29 is 14.4 Å². The highest BCUT2D eigenvalue weighted by molar-refractivity contribution is 9.10. The van der Waals surface area contributed by atoms with Gasteiger partial charge in [0.15, 0.2) is 5.78 Å². The first-order valence-electron chi connectivity index (χ1n) is 9.60. The fourth-order valence-electron chi connectivity index (χ4n) is 3.46. The molecule has 2 aromatic carbocycles. The highest BCUT2D eigenvalue weighted by atomic mass is 79.9. The molecule has 0 N–H and O–H groups in total. The summed E-state index contributed by atoms with van der Waals surface area (Å²) in [5.74, 6) is -0.701. The normalized spacial score (nSPS) is 15.5. The molecule has 30 heavy (non-hydrogen) atoms. The van der Waals surface area contributed by atoms with Crippen LogP contribution in [0.4, 0.5) is 4.79 Å². The van der Waals surface area contributed by atoms with Gasteiger partial charge in [-0.25, -0.2) is 0 Å². The lowest BCUT2D eigenvalue weighted by molar-refractivity contribution is -0.122. The van der Waals surface area contributed by atoms with E-state index in [2.05, 4.69) is 27.4 Å². The lowest BCUT2D eigenvalue weighted by Crippen LogP contribution is -2.33. The van der Waals surface area contributed by atoms with E-state index < -0.39 is 11.1 Å². The minimum Gasteiger partial charge on any atom is -0.347 e. The van der Waals surface area contributed by atoms with Crippen LogP contribution in [0.2, 0.25) is 0 Å². The van der Waals surface area contributed by atoms with E-state index in [0.29, 0.717) is 10.5 Å². The lowest BCUT2D eigenvalue weighted by atomic mass is 10.1. The Morgan fingerprint density at radius 1 is 1.10 bits per heavy atom. The number of fused-ring (bicyclic) bond motifs is 1. The van der Waals surface area contributed by atoms with Crippen LogP contribution in [-0.4, -0.2) is 32.9 Å². The van der Waals surface area contributed by atoms with Gasteiger partial charge in [-0.15, -0.1) is 0 Å². The smallest absolute Gasteiger partial charge is 0.293 e. The third-order valence-electron chi connectivity index (χ3n) is 4.91. The first kappa shape index (κ1) is 20.6. The Morgan fingerprint density at radius 3 is 2.57 bits per heavy atom. The fraction of sp³-hybridized carbons (Fsp3) is 0.174. The van der Waals surface area contributed by atoms with Gasteiger partial charge in [-0.3, -0.25) is 19.3 Å². The number of carbonyl (C=O) groups excluding carboxylic acids is 3. The van der Waals surface area contributed by atoms with E-state index in [1.54, 1.807) is 30.3 Å². The Bertz CT molecular complexity index is 1180. The van der Waals surface area contributed by atoms with Crippen molar-refractivity contribution in [2.45, 2.75) is 19.9 Å². The van der Waals surface area contributed by atoms with Crippen LogP contribution in [0.15, 0.2) is 64.1 Å². The molecular weight excluding hydrogens is 464 g/mol. The second-order valence-corrected chi connectivity index (χ2v) is 8.90. The van der Waals surface area contributed by atoms with Crippen molar-refractivity contribution in [1.29, 1.82) is 0 Å². The number of aryl methyl sites for hydroxylation is 1. The minimum absolute atomic E-state index is 0.263. The Morgan fingerprint density at radius 2 is 1.83 bits per heavy atom. The van der Waals surface area contributed by atoms with Crippen molar-refractivity contribution in [1.82, 2.24) is 9.47 Å². The molecule has 1 aliphatic rings. The van der Waals surface area contributed by atoms with Crippen molar-refractivity contribution >= 4 is 61.6 Å². The van der Waals surface area contributed by atoms with Crippen molar-refractivity contribution in [3.05, 3.63) is 75.2 Å². The maximum atomic E-state index is 12.9. The van der Waals surface area contributed by atoms with E-state index in [-0.39, 0.29) is 12.3 Å². The molecule has 5 nitrogen and oxygen atoms in total. The Hall–Kier alpha value is -2.64. The van der Waals surface area contributed by atoms with Gasteiger partial charge in [0.1, 0.15) is 0 Å². The average Bonchev–Trinajstić information content (AvgIpc) is 3.21. The number of thioether (sulfide) groups is 1. The summed E-state index contributed by atoms with van der Waals surface area (Å²) in [5.41, 5.74) is 2.45. The first-order chi connectivity index (χ1) is 14.5. The van der Waals surface area contributed by atoms with Crippen molar-refractivity contribution in [3.63, 3.8) is 0 Å². The number of hydrogen-bond donors (Lipinski definition) is 0. The number of para-hydroxylation sites is 1. The second kappa shape index (κ2) is 8.62. The average molecular weight is 483 g/mol. The molecule has 1 aromatic heterocycles. The van der Waals surface area contributed by atoms with Gasteiger partial charge in [0.05, 0.1) is 11.4 Å². The van der Waals surface area contributed by atoms with Crippen LogP contribution in [0.5, 0.6) is 0 Å².